The number of carbonyl (C=O) groups is 4. The molecule has 1 fully saturated rings. The van der Waals surface area contributed by atoms with E-state index in [9.17, 15) is 28.0 Å². The van der Waals surface area contributed by atoms with Gasteiger partial charge in [-0.2, -0.15) is 0 Å². The molecule has 0 saturated carbocycles. The number of benzene rings is 2. The fraction of sp³-hybridized carbons (Fsp3) is 0.238. The maximum Gasteiger partial charge on any atom is 0.332 e. The summed E-state index contributed by atoms with van der Waals surface area (Å²) in [6.45, 7) is 0.808. The monoisotopic (exact) mass is 430 g/mol. The van der Waals surface area contributed by atoms with E-state index < -0.39 is 48.0 Å². The quantitative estimate of drug-likeness (QED) is 0.679. The Bertz CT molecular complexity index is 1010. The third-order valence-electron chi connectivity index (χ3n) is 4.87. The van der Waals surface area contributed by atoms with Crippen LogP contribution in [-0.2, 0) is 14.4 Å². The highest BCUT2D eigenvalue weighted by Gasteiger charge is 2.44. The van der Waals surface area contributed by atoms with E-state index >= 15 is 0 Å². The van der Waals surface area contributed by atoms with E-state index in [1.807, 2.05) is 0 Å². The Kier molecular flexibility index (Phi) is 6.28. The zero-order valence-electron chi connectivity index (χ0n) is 16.6. The van der Waals surface area contributed by atoms with Crippen LogP contribution in [0.1, 0.15) is 13.3 Å². The number of nitrogens with two attached hydrogens (primary N) is 1. The predicted molar refractivity (Wildman–Crippen MR) is 108 cm³/mol. The number of rotatable bonds is 7. The van der Waals surface area contributed by atoms with Gasteiger partial charge in [-0.25, -0.2) is 13.6 Å². The highest BCUT2D eigenvalue weighted by atomic mass is 19.1. The fourth-order valence-electron chi connectivity index (χ4n) is 3.27. The lowest BCUT2D eigenvalue weighted by molar-refractivity contribution is -0.131. The van der Waals surface area contributed by atoms with Gasteiger partial charge < -0.3 is 10.6 Å². The molecule has 1 aliphatic heterocycles. The molecule has 0 radical (unpaired) electrons. The number of anilines is 2. The maximum atomic E-state index is 13.3. The van der Waals surface area contributed by atoms with Crippen LogP contribution in [0.2, 0.25) is 0 Å². The molecule has 2 aromatic carbocycles. The van der Waals surface area contributed by atoms with Crippen molar-refractivity contribution in [2.75, 3.05) is 22.9 Å². The third-order valence-corrected chi connectivity index (χ3v) is 4.87. The Morgan fingerprint density at radius 2 is 1.55 bits per heavy atom. The number of nitrogens with zero attached hydrogens (tertiary/aromatic N) is 3. The Morgan fingerprint density at radius 1 is 1.00 bits per heavy atom. The van der Waals surface area contributed by atoms with Gasteiger partial charge in [-0.15, -0.1) is 0 Å². The van der Waals surface area contributed by atoms with Crippen molar-refractivity contribution in [2.45, 2.75) is 19.4 Å². The second-order valence-electron chi connectivity index (χ2n) is 6.97. The van der Waals surface area contributed by atoms with E-state index in [2.05, 4.69) is 0 Å². The molecule has 1 aliphatic rings. The molecule has 2 N–H and O–H groups in total. The van der Waals surface area contributed by atoms with Crippen molar-refractivity contribution in [3.05, 3.63) is 60.2 Å². The number of carbonyl (C=O) groups excluding carboxylic acids is 4. The van der Waals surface area contributed by atoms with Gasteiger partial charge in [0.15, 0.2) is 0 Å². The van der Waals surface area contributed by atoms with Gasteiger partial charge in [-0.05, 0) is 55.5 Å². The van der Waals surface area contributed by atoms with Crippen molar-refractivity contribution in [3.8, 4) is 0 Å². The van der Waals surface area contributed by atoms with Crippen LogP contribution in [-0.4, -0.2) is 47.8 Å². The third kappa shape index (κ3) is 4.68. The molecule has 0 aliphatic carbocycles. The Balaban J connectivity index is 1.82. The second-order valence-corrected chi connectivity index (χ2v) is 6.97. The maximum absolute atomic E-state index is 13.3. The van der Waals surface area contributed by atoms with E-state index in [-0.39, 0.29) is 18.7 Å². The number of primary amides is 1. The standard InChI is InChI=1S/C21H20F2N4O4/c1-13-20(30)26(21(31)27(13)17-8-4-15(23)5-9-17)12-19(29)25(11-10-18(24)28)16-6-2-14(22)3-7-16/h2-9,13H,10-12H2,1H3,(H2,24,28). The van der Waals surface area contributed by atoms with Gasteiger partial charge in [0, 0.05) is 24.3 Å². The van der Waals surface area contributed by atoms with E-state index in [4.69, 9.17) is 5.73 Å². The van der Waals surface area contributed by atoms with E-state index in [1.54, 1.807) is 0 Å². The van der Waals surface area contributed by atoms with Crippen molar-refractivity contribution in [1.29, 1.82) is 0 Å². The Morgan fingerprint density at radius 3 is 2.10 bits per heavy atom. The molecule has 1 saturated heterocycles. The molecule has 8 nitrogen and oxygen atoms in total. The van der Waals surface area contributed by atoms with E-state index in [0.717, 1.165) is 34.1 Å². The molecular weight excluding hydrogens is 410 g/mol. The summed E-state index contributed by atoms with van der Waals surface area (Å²) in [5.74, 6) is -2.91. The molecule has 0 spiro atoms. The summed E-state index contributed by atoms with van der Waals surface area (Å²) >= 11 is 0. The average molecular weight is 430 g/mol. The first kappa shape index (κ1) is 21.9. The average Bonchev–Trinajstić information content (AvgIpc) is 2.93. The molecule has 10 heteroatoms. The summed E-state index contributed by atoms with van der Waals surface area (Å²) < 4.78 is 26.5. The first-order chi connectivity index (χ1) is 14.7. The number of urea groups is 1. The van der Waals surface area contributed by atoms with Crippen molar-refractivity contribution in [3.63, 3.8) is 0 Å². The highest BCUT2D eigenvalue weighted by Crippen LogP contribution is 2.26. The second kappa shape index (κ2) is 8.90. The molecule has 2 aromatic rings. The summed E-state index contributed by atoms with van der Waals surface area (Å²) in [6, 6.07) is 8.39. The van der Waals surface area contributed by atoms with Crippen LogP contribution in [0.25, 0.3) is 0 Å². The molecule has 1 heterocycles. The molecule has 3 rings (SSSR count). The lowest BCUT2D eigenvalue weighted by Crippen LogP contribution is -2.44. The molecule has 0 bridgehead atoms. The van der Waals surface area contributed by atoms with Crippen LogP contribution in [0.5, 0.6) is 0 Å². The minimum absolute atomic E-state index is 0.104. The van der Waals surface area contributed by atoms with Gasteiger partial charge >= 0.3 is 6.03 Å². The Hall–Kier alpha value is -3.82. The number of hydrogen-bond acceptors (Lipinski definition) is 4. The minimum atomic E-state index is -0.893. The molecule has 0 aromatic heterocycles. The molecule has 162 valence electrons. The van der Waals surface area contributed by atoms with Crippen LogP contribution < -0.4 is 15.5 Å². The van der Waals surface area contributed by atoms with Crippen molar-refractivity contribution in [2.24, 2.45) is 5.73 Å². The largest absolute Gasteiger partial charge is 0.370 e. The van der Waals surface area contributed by atoms with Crippen LogP contribution in [0.15, 0.2) is 48.5 Å². The van der Waals surface area contributed by atoms with E-state index in [1.165, 1.54) is 36.1 Å². The molecule has 31 heavy (non-hydrogen) atoms. The fourth-order valence-corrected chi connectivity index (χ4v) is 3.27. The topological polar surface area (TPSA) is 104 Å². The zero-order chi connectivity index (χ0) is 22.7. The lowest BCUT2D eigenvalue weighted by Gasteiger charge is -2.24. The smallest absolute Gasteiger partial charge is 0.332 e. The van der Waals surface area contributed by atoms with Crippen LogP contribution in [0.3, 0.4) is 0 Å². The zero-order valence-corrected chi connectivity index (χ0v) is 16.6. The molecule has 1 atom stereocenters. The number of halogens is 2. The SMILES string of the molecule is CC1C(=O)N(CC(=O)N(CCC(N)=O)c2ccc(F)cc2)C(=O)N1c1ccc(F)cc1. The summed E-state index contributed by atoms with van der Waals surface area (Å²) in [5.41, 5.74) is 5.77. The summed E-state index contributed by atoms with van der Waals surface area (Å²) in [6.07, 6.45) is -0.164. The molecule has 5 amide bonds. The van der Waals surface area contributed by atoms with Crippen molar-refractivity contribution >= 4 is 35.1 Å². The highest BCUT2D eigenvalue weighted by molar-refractivity contribution is 6.16. The van der Waals surface area contributed by atoms with Gasteiger partial charge in [0.2, 0.25) is 11.8 Å². The van der Waals surface area contributed by atoms with E-state index in [0.29, 0.717) is 5.69 Å². The summed E-state index contributed by atoms with van der Waals surface area (Å²) in [4.78, 5) is 52.8. The summed E-state index contributed by atoms with van der Waals surface area (Å²) in [7, 11) is 0. The minimum Gasteiger partial charge on any atom is -0.370 e. The van der Waals surface area contributed by atoms with Crippen molar-refractivity contribution < 1.29 is 28.0 Å². The normalized spacial score (nSPS) is 16.0. The van der Waals surface area contributed by atoms with Gasteiger partial charge in [0.05, 0.1) is 0 Å². The van der Waals surface area contributed by atoms with Gasteiger partial charge in [-0.1, -0.05) is 0 Å². The van der Waals surface area contributed by atoms with Gasteiger partial charge in [-0.3, -0.25) is 24.2 Å². The first-order valence-corrected chi connectivity index (χ1v) is 9.43. The number of amides is 5. The Labute approximate surface area is 176 Å². The number of imide groups is 1. The van der Waals surface area contributed by atoms with Gasteiger partial charge in [0.25, 0.3) is 5.91 Å². The molecule has 1 unspecified atom stereocenters. The lowest BCUT2D eigenvalue weighted by atomic mass is 10.2. The molecular formula is C21H20F2N4O4. The van der Waals surface area contributed by atoms with Gasteiger partial charge in [0.1, 0.15) is 24.2 Å². The van der Waals surface area contributed by atoms with Crippen LogP contribution >= 0.6 is 0 Å². The number of hydrogen-bond donors (Lipinski definition) is 1. The van der Waals surface area contributed by atoms with Crippen molar-refractivity contribution in [1.82, 2.24) is 4.90 Å². The predicted octanol–water partition coefficient (Wildman–Crippen LogP) is 2.03. The first-order valence-electron chi connectivity index (χ1n) is 9.43. The summed E-state index contributed by atoms with van der Waals surface area (Å²) in [5, 5.41) is 0. The van der Waals surface area contributed by atoms with Crippen LogP contribution in [0, 0.1) is 11.6 Å². The van der Waals surface area contributed by atoms with Crippen LogP contribution in [0.4, 0.5) is 25.0 Å².